The van der Waals surface area contributed by atoms with Crippen molar-refractivity contribution in [2.45, 2.75) is 31.8 Å². The number of nitrogens with one attached hydrogen (secondary N) is 1. The van der Waals surface area contributed by atoms with Crippen molar-refractivity contribution in [3.05, 3.63) is 35.9 Å². The Balaban J connectivity index is 1.89. The summed E-state index contributed by atoms with van der Waals surface area (Å²) >= 11 is 2.09. The van der Waals surface area contributed by atoms with Crippen molar-refractivity contribution < 1.29 is 0 Å². The van der Waals surface area contributed by atoms with Gasteiger partial charge in [-0.2, -0.15) is 11.8 Å². The highest BCUT2D eigenvalue weighted by molar-refractivity contribution is 7.99. The molecule has 0 bridgehead atoms. The third-order valence-corrected chi connectivity index (χ3v) is 4.20. The van der Waals surface area contributed by atoms with Gasteiger partial charge in [-0.1, -0.05) is 37.3 Å². The molecule has 1 aliphatic rings. The smallest absolute Gasteiger partial charge is 0.0201 e. The Morgan fingerprint density at radius 2 is 1.93 bits per heavy atom. The van der Waals surface area contributed by atoms with Gasteiger partial charge in [-0.25, -0.2) is 0 Å². The van der Waals surface area contributed by atoms with Crippen molar-refractivity contribution in [2.75, 3.05) is 11.5 Å². The Labute approximate surface area is 96.7 Å². The molecule has 1 fully saturated rings. The maximum atomic E-state index is 3.73. The molecule has 0 saturated carbocycles. The second-order valence-corrected chi connectivity index (χ2v) is 5.27. The number of hydrogen-bond acceptors (Lipinski definition) is 2. The van der Waals surface area contributed by atoms with Gasteiger partial charge >= 0.3 is 0 Å². The van der Waals surface area contributed by atoms with Gasteiger partial charge in [0.1, 0.15) is 0 Å². The van der Waals surface area contributed by atoms with E-state index in [-0.39, 0.29) is 0 Å². The fraction of sp³-hybridized carbons (Fsp3) is 0.538. The molecule has 1 saturated heterocycles. The predicted octanol–water partition coefficient (Wildman–Crippen LogP) is 2.71. The van der Waals surface area contributed by atoms with Crippen molar-refractivity contribution in [2.24, 2.45) is 0 Å². The number of rotatable bonds is 3. The van der Waals surface area contributed by atoms with Crippen LogP contribution in [-0.4, -0.2) is 23.6 Å². The first-order valence-electron chi connectivity index (χ1n) is 5.76. The second kappa shape index (κ2) is 5.57. The third-order valence-electron chi connectivity index (χ3n) is 2.93. The largest absolute Gasteiger partial charge is 0.309 e. The number of hydrogen-bond donors (Lipinski definition) is 1. The van der Waals surface area contributed by atoms with Crippen LogP contribution in [0.1, 0.15) is 18.9 Å². The lowest BCUT2D eigenvalue weighted by Crippen LogP contribution is -2.46. The van der Waals surface area contributed by atoms with Crippen LogP contribution in [0.4, 0.5) is 0 Å². The summed E-state index contributed by atoms with van der Waals surface area (Å²) in [5.41, 5.74) is 1.45. The lowest BCUT2D eigenvalue weighted by atomic mass is 10.1. The van der Waals surface area contributed by atoms with E-state index in [4.69, 9.17) is 0 Å². The van der Waals surface area contributed by atoms with Crippen LogP contribution in [-0.2, 0) is 6.42 Å². The van der Waals surface area contributed by atoms with Gasteiger partial charge in [-0.05, 0) is 18.4 Å². The van der Waals surface area contributed by atoms with Crippen molar-refractivity contribution in [1.82, 2.24) is 5.32 Å². The van der Waals surface area contributed by atoms with Crippen LogP contribution in [0, 0.1) is 0 Å². The second-order valence-electron chi connectivity index (χ2n) is 4.20. The van der Waals surface area contributed by atoms with E-state index in [0.29, 0.717) is 6.04 Å². The van der Waals surface area contributed by atoms with Crippen LogP contribution in [0.2, 0.25) is 0 Å². The molecule has 1 aromatic rings. The van der Waals surface area contributed by atoms with Gasteiger partial charge in [-0.15, -0.1) is 0 Å². The fourth-order valence-corrected chi connectivity index (χ4v) is 3.29. The first-order chi connectivity index (χ1) is 7.38. The van der Waals surface area contributed by atoms with Gasteiger partial charge in [0.05, 0.1) is 0 Å². The van der Waals surface area contributed by atoms with Gasteiger partial charge in [0, 0.05) is 23.6 Å². The Hall–Kier alpha value is -0.470. The third kappa shape index (κ3) is 3.25. The van der Waals surface area contributed by atoms with Gasteiger partial charge in [0.2, 0.25) is 0 Å². The molecule has 0 spiro atoms. The van der Waals surface area contributed by atoms with Gasteiger partial charge in [0.25, 0.3) is 0 Å². The highest BCUT2D eigenvalue weighted by atomic mass is 32.2. The van der Waals surface area contributed by atoms with E-state index in [1.54, 1.807) is 0 Å². The molecule has 15 heavy (non-hydrogen) atoms. The lowest BCUT2D eigenvalue weighted by molar-refractivity contribution is 0.452. The average Bonchev–Trinajstić information content (AvgIpc) is 2.31. The normalized spacial score (nSPS) is 26.5. The van der Waals surface area contributed by atoms with Gasteiger partial charge < -0.3 is 5.32 Å². The van der Waals surface area contributed by atoms with Crippen LogP contribution < -0.4 is 5.32 Å². The molecule has 0 amide bonds. The summed E-state index contributed by atoms with van der Waals surface area (Å²) < 4.78 is 0. The lowest BCUT2D eigenvalue weighted by Gasteiger charge is -2.30. The fourth-order valence-electron chi connectivity index (χ4n) is 2.03. The predicted molar refractivity (Wildman–Crippen MR) is 68.5 cm³/mol. The van der Waals surface area contributed by atoms with E-state index >= 15 is 0 Å². The summed E-state index contributed by atoms with van der Waals surface area (Å²) in [6.07, 6.45) is 2.42. The average molecular weight is 221 g/mol. The summed E-state index contributed by atoms with van der Waals surface area (Å²) in [5, 5.41) is 3.73. The van der Waals surface area contributed by atoms with Crippen molar-refractivity contribution in [1.29, 1.82) is 0 Å². The standard InChI is InChI=1S/C13H19NS/c1-2-12-9-15-10-13(14-12)8-11-6-4-3-5-7-11/h3-7,12-14H,2,8-10H2,1H3. The minimum atomic E-state index is 0.663. The zero-order valence-corrected chi connectivity index (χ0v) is 10.1. The van der Waals surface area contributed by atoms with Crippen LogP contribution in [0.3, 0.4) is 0 Å². The maximum absolute atomic E-state index is 3.73. The molecule has 2 rings (SSSR count). The molecule has 1 aliphatic heterocycles. The van der Waals surface area contributed by atoms with E-state index in [2.05, 4.69) is 54.3 Å². The van der Waals surface area contributed by atoms with Crippen molar-refractivity contribution in [3.63, 3.8) is 0 Å². The van der Waals surface area contributed by atoms with Gasteiger partial charge in [0.15, 0.2) is 0 Å². The zero-order valence-electron chi connectivity index (χ0n) is 9.28. The maximum Gasteiger partial charge on any atom is 0.0201 e. The first kappa shape index (κ1) is 11.0. The SMILES string of the molecule is CCC1CSCC(Cc2ccccc2)N1. The minimum absolute atomic E-state index is 0.663. The van der Waals surface area contributed by atoms with E-state index in [1.807, 2.05) is 0 Å². The van der Waals surface area contributed by atoms with E-state index in [1.165, 1.54) is 29.9 Å². The molecule has 0 aliphatic carbocycles. The summed E-state index contributed by atoms with van der Waals surface area (Å²) in [4.78, 5) is 0. The Kier molecular flexibility index (Phi) is 4.09. The molecule has 2 unspecified atom stereocenters. The molecule has 2 heteroatoms. The van der Waals surface area contributed by atoms with Gasteiger partial charge in [-0.3, -0.25) is 0 Å². The quantitative estimate of drug-likeness (QED) is 0.842. The molecule has 0 aromatic heterocycles. The Morgan fingerprint density at radius 3 is 2.67 bits per heavy atom. The highest BCUT2D eigenvalue weighted by Crippen LogP contribution is 2.17. The first-order valence-corrected chi connectivity index (χ1v) is 6.91. The van der Waals surface area contributed by atoms with Crippen LogP contribution in [0.25, 0.3) is 0 Å². The molecule has 0 radical (unpaired) electrons. The molecule has 82 valence electrons. The molecule has 1 nitrogen and oxygen atoms in total. The van der Waals surface area contributed by atoms with Crippen LogP contribution >= 0.6 is 11.8 Å². The van der Waals surface area contributed by atoms with Crippen LogP contribution in [0.5, 0.6) is 0 Å². The summed E-state index contributed by atoms with van der Waals surface area (Å²) in [6, 6.07) is 12.2. The van der Waals surface area contributed by atoms with E-state index < -0.39 is 0 Å². The summed E-state index contributed by atoms with van der Waals surface area (Å²) in [5.74, 6) is 2.53. The molecular formula is C13H19NS. The molecular weight excluding hydrogens is 202 g/mol. The summed E-state index contributed by atoms with van der Waals surface area (Å²) in [7, 11) is 0. The monoisotopic (exact) mass is 221 g/mol. The van der Waals surface area contributed by atoms with E-state index in [9.17, 15) is 0 Å². The zero-order chi connectivity index (χ0) is 10.5. The highest BCUT2D eigenvalue weighted by Gasteiger charge is 2.19. The Bertz CT molecular complexity index is 286. The Morgan fingerprint density at radius 1 is 1.20 bits per heavy atom. The number of benzene rings is 1. The van der Waals surface area contributed by atoms with Crippen molar-refractivity contribution >= 4 is 11.8 Å². The molecule has 2 atom stereocenters. The summed E-state index contributed by atoms with van der Waals surface area (Å²) in [6.45, 7) is 2.27. The van der Waals surface area contributed by atoms with Crippen molar-refractivity contribution in [3.8, 4) is 0 Å². The molecule has 1 heterocycles. The van der Waals surface area contributed by atoms with E-state index in [0.717, 1.165) is 6.04 Å². The topological polar surface area (TPSA) is 12.0 Å². The molecule has 1 aromatic carbocycles. The molecule has 1 N–H and O–H groups in total. The number of thioether (sulfide) groups is 1. The van der Waals surface area contributed by atoms with Crippen LogP contribution in [0.15, 0.2) is 30.3 Å². The minimum Gasteiger partial charge on any atom is -0.309 e.